The van der Waals surface area contributed by atoms with Crippen LogP contribution in [0.25, 0.3) is 16.7 Å². The molecule has 0 saturated carbocycles. The predicted octanol–water partition coefficient (Wildman–Crippen LogP) is 4.03. The Kier molecular flexibility index (Phi) is 7.51. The van der Waals surface area contributed by atoms with Gasteiger partial charge in [-0.15, -0.1) is 0 Å². The molecule has 0 aliphatic carbocycles. The fourth-order valence-corrected chi connectivity index (χ4v) is 4.55. The van der Waals surface area contributed by atoms with Gasteiger partial charge in [-0.05, 0) is 50.1 Å². The third kappa shape index (κ3) is 5.37. The maximum atomic E-state index is 13.5. The Balaban J connectivity index is 1.82. The van der Waals surface area contributed by atoms with Crippen LogP contribution in [0.4, 0.5) is 5.69 Å². The number of hydrogen-bond acceptors (Lipinski definition) is 7. The number of ether oxygens (including phenoxy) is 1. The maximum Gasteiger partial charge on any atom is 0.341 e. The predicted molar refractivity (Wildman–Crippen MR) is 151 cm³/mol. The lowest BCUT2D eigenvalue weighted by Crippen LogP contribution is -2.33. The van der Waals surface area contributed by atoms with Gasteiger partial charge in [-0.1, -0.05) is 42.5 Å². The summed E-state index contributed by atoms with van der Waals surface area (Å²) < 4.78 is 8.20. The topological polar surface area (TPSA) is 138 Å². The highest BCUT2D eigenvalue weighted by Crippen LogP contribution is 2.20. The normalized spacial score (nSPS) is 11.6. The van der Waals surface area contributed by atoms with Gasteiger partial charge in [-0.3, -0.25) is 24.1 Å². The average Bonchev–Trinajstić information content (AvgIpc) is 2.97. The number of esters is 1. The number of nitro groups is 1. The third-order valence-electron chi connectivity index (χ3n) is 6.61. The van der Waals surface area contributed by atoms with Gasteiger partial charge in [0.15, 0.2) is 5.49 Å². The molecule has 0 fully saturated rings. The van der Waals surface area contributed by atoms with Crippen LogP contribution in [0.15, 0.2) is 88.8 Å². The first-order valence-corrected chi connectivity index (χ1v) is 12.9. The van der Waals surface area contributed by atoms with E-state index in [0.29, 0.717) is 17.6 Å². The number of fused-ring (bicyclic) bond motifs is 2. The van der Waals surface area contributed by atoms with Gasteiger partial charge >= 0.3 is 5.97 Å². The van der Waals surface area contributed by atoms with Crippen LogP contribution >= 0.6 is 0 Å². The van der Waals surface area contributed by atoms with E-state index in [-0.39, 0.29) is 46.5 Å². The zero-order valence-corrected chi connectivity index (χ0v) is 22.3. The standard InChI is InChI=1S/C30H25N5O6/c1-3-41-30(38)23-18-22-26(31-25-11-7-8-15-33(25)29(22)37)34(16-14-20-9-5-4-6-10-20)27(23)32-28(36)21-13-12-19(2)24(17-21)35(39)40/h4-13,15,17-18H,3,14,16H2,1-2H3. The molecule has 5 rings (SSSR count). The van der Waals surface area contributed by atoms with E-state index in [0.717, 1.165) is 11.6 Å². The number of carbonyl (C=O) groups is 2. The van der Waals surface area contributed by atoms with Crippen LogP contribution in [0.5, 0.6) is 0 Å². The first-order chi connectivity index (χ1) is 19.8. The van der Waals surface area contributed by atoms with E-state index in [1.54, 1.807) is 42.8 Å². The Morgan fingerprint density at radius 3 is 2.54 bits per heavy atom. The number of rotatable bonds is 7. The van der Waals surface area contributed by atoms with E-state index >= 15 is 0 Å². The van der Waals surface area contributed by atoms with Gasteiger partial charge in [0.25, 0.3) is 17.2 Å². The van der Waals surface area contributed by atoms with E-state index in [2.05, 4.69) is 4.99 Å². The number of aromatic nitrogens is 3. The molecule has 0 atom stereocenters. The fraction of sp³-hybridized carbons (Fsp3) is 0.167. The van der Waals surface area contributed by atoms with Crippen LogP contribution in [0.1, 0.15) is 38.8 Å². The van der Waals surface area contributed by atoms with Crippen LogP contribution < -0.4 is 11.0 Å². The summed E-state index contributed by atoms with van der Waals surface area (Å²) in [6.07, 6.45) is 2.05. The molecule has 0 aliphatic heterocycles. The van der Waals surface area contributed by atoms with Gasteiger partial charge in [0.1, 0.15) is 16.9 Å². The second-order valence-electron chi connectivity index (χ2n) is 9.25. The lowest BCUT2D eigenvalue weighted by molar-refractivity contribution is -0.385. The molecular weight excluding hydrogens is 526 g/mol. The Morgan fingerprint density at radius 2 is 1.80 bits per heavy atom. The Labute approximate surface area is 233 Å². The second kappa shape index (κ2) is 11.3. The number of nitrogens with zero attached hydrogens (tertiary/aromatic N) is 5. The second-order valence-corrected chi connectivity index (χ2v) is 9.25. The van der Waals surface area contributed by atoms with Crippen molar-refractivity contribution in [2.45, 2.75) is 26.8 Å². The molecule has 0 spiro atoms. The van der Waals surface area contributed by atoms with Crippen LogP contribution in [-0.2, 0) is 17.7 Å². The van der Waals surface area contributed by atoms with Gasteiger partial charge in [-0.25, -0.2) is 9.78 Å². The molecule has 2 aromatic carbocycles. The molecule has 0 saturated heterocycles. The van der Waals surface area contributed by atoms with Crippen LogP contribution in [-0.4, -0.2) is 37.4 Å². The molecule has 0 aliphatic rings. The average molecular weight is 552 g/mol. The monoisotopic (exact) mass is 551 g/mol. The summed E-state index contributed by atoms with van der Waals surface area (Å²) in [5.74, 6) is -1.58. The number of nitro benzene ring substituents is 1. The highest BCUT2D eigenvalue weighted by molar-refractivity contribution is 5.97. The van der Waals surface area contributed by atoms with E-state index in [4.69, 9.17) is 9.72 Å². The van der Waals surface area contributed by atoms with E-state index in [9.17, 15) is 24.5 Å². The van der Waals surface area contributed by atoms with Crippen LogP contribution in [0, 0.1) is 17.0 Å². The van der Waals surface area contributed by atoms with Crippen molar-refractivity contribution < 1.29 is 19.2 Å². The van der Waals surface area contributed by atoms with Crippen molar-refractivity contribution in [1.29, 1.82) is 0 Å². The summed E-state index contributed by atoms with van der Waals surface area (Å²) in [6.45, 7) is 3.47. The number of carbonyl (C=O) groups excluding carboxylic acids is 2. The number of benzene rings is 2. The molecule has 0 bridgehead atoms. The highest BCUT2D eigenvalue weighted by Gasteiger charge is 2.21. The first-order valence-electron chi connectivity index (χ1n) is 12.9. The molecule has 206 valence electrons. The Morgan fingerprint density at radius 1 is 1.05 bits per heavy atom. The SMILES string of the molecule is CCOC(=O)c1cc2c(=O)n3ccccc3nc2n(CCc2ccccc2)c1=NC(=O)c1ccc(C)c([N+](=O)[O-])c1. The molecule has 11 heteroatoms. The smallest absolute Gasteiger partial charge is 0.341 e. The molecule has 0 radical (unpaired) electrons. The molecule has 0 unspecified atom stereocenters. The van der Waals surface area contributed by atoms with E-state index in [1.807, 2.05) is 30.3 Å². The molecular formula is C30H25N5O6. The van der Waals surface area contributed by atoms with Crippen molar-refractivity contribution in [2.75, 3.05) is 6.61 Å². The molecule has 11 nitrogen and oxygen atoms in total. The van der Waals surface area contributed by atoms with Crippen LogP contribution in [0.3, 0.4) is 0 Å². The molecule has 1 amide bonds. The van der Waals surface area contributed by atoms with Crippen molar-refractivity contribution in [3.63, 3.8) is 0 Å². The summed E-state index contributed by atoms with van der Waals surface area (Å²) in [6, 6.07) is 20.0. The van der Waals surface area contributed by atoms with Gasteiger partial charge in [0, 0.05) is 29.9 Å². The Hall–Kier alpha value is -5.45. The van der Waals surface area contributed by atoms with Crippen molar-refractivity contribution >= 4 is 34.2 Å². The largest absolute Gasteiger partial charge is 0.462 e. The first kappa shape index (κ1) is 27.1. The number of aryl methyl sites for hydroxylation is 3. The quantitative estimate of drug-likeness (QED) is 0.129. The van der Waals surface area contributed by atoms with Gasteiger partial charge in [-0.2, -0.15) is 4.99 Å². The van der Waals surface area contributed by atoms with E-state index < -0.39 is 22.4 Å². The van der Waals surface area contributed by atoms with Gasteiger partial charge in [0.05, 0.1) is 16.9 Å². The Bertz CT molecular complexity index is 1960. The molecule has 41 heavy (non-hydrogen) atoms. The highest BCUT2D eigenvalue weighted by atomic mass is 16.6. The lowest BCUT2D eigenvalue weighted by atomic mass is 10.1. The summed E-state index contributed by atoms with van der Waals surface area (Å²) in [4.78, 5) is 60.1. The summed E-state index contributed by atoms with van der Waals surface area (Å²) in [5, 5.41) is 11.6. The summed E-state index contributed by atoms with van der Waals surface area (Å²) in [5.41, 5.74) is 1.13. The lowest BCUT2D eigenvalue weighted by Gasteiger charge is -2.15. The number of hydrogen-bond donors (Lipinski definition) is 0. The van der Waals surface area contributed by atoms with Gasteiger partial charge < -0.3 is 9.30 Å². The summed E-state index contributed by atoms with van der Waals surface area (Å²) >= 11 is 0. The number of pyridine rings is 2. The number of amides is 1. The van der Waals surface area contributed by atoms with Crippen molar-refractivity contribution in [2.24, 2.45) is 4.99 Å². The minimum Gasteiger partial charge on any atom is -0.462 e. The zero-order chi connectivity index (χ0) is 29.1. The van der Waals surface area contributed by atoms with Crippen LogP contribution in [0.2, 0.25) is 0 Å². The molecule has 5 aromatic rings. The molecule has 3 aromatic heterocycles. The van der Waals surface area contributed by atoms with E-state index in [1.165, 1.54) is 22.6 Å². The minimum absolute atomic E-state index is 0.0293. The maximum absolute atomic E-state index is 13.5. The van der Waals surface area contributed by atoms with Crippen molar-refractivity contribution in [3.8, 4) is 0 Å². The fourth-order valence-electron chi connectivity index (χ4n) is 4.55. The van der Waals surface area contributed by atoms with Crippen molar-refractivity contribution in [1.82, 2.24) is 14.0 Å². The van der Waals surface area contributed by atoms with Gasteiger partial charge in [0.2, 0.25) is 0 Å². The van der Waals surface area contributed by atoms with Crippen molar-refractivity contribution in [3.05, 3.63) is 127 Å². The third-order valence-corrected chi connectivity index (χ3v) is 6.61. The summed E-state index contributed by atoms with van der Waals surface area (Å²) in [7, 11) is 0. The zero-order valence-electron chi connectivity index (χ0n) is 22.3. The molecule has 0 N–H and O–H groups in total. The minimum atomic E-state index is -0.802. The molecule has 3 heterocycles.